The molecule has 4 rings (SSSR count). The monoisotopic (exact) mass is 534 g/mol. The molecule has 2 aliphatic rings. The molecule has 0 unspecified atom stereocenters. The lowest BCUT2D eigenvalue weighted by atomic mass is 10.1. The SMILES string of the molecule is O=C(CN1C(=O)S/C(=C/c2cc(Br)ccc2OCc2ccccc2F)C1=O)N1CCOCC1. The number of rotatable bonds is 6. The number of hydrogen-bond donors (Lipinski definition) is 0. The van der Waals surface area contributed by atoms with Crippen molar-refractivity contribution in [3.63, 3.8) is 0 Å². The Hall–Kier alpha value is -2.69. The van der Waals surface area contributed by atoms with Gasteiger partial charge in [0.05, 0.1) is 18.1 Å². The average Bonchev–Trinajstić information content (AvgIpc) is 3.07. The Balaban J connectivity index is 1.50. The minimum Gasteiger partial charge on any atom is -0.488 e. The maximum Gasteiger partial charge on any atom is 0.294 e. The van der Waals surface area contributed by atoms with Crippen LogP contribution in [0.3, 0.4) is 0 Å². The first-order valence-electron chi connectivity index (χ1n) is 10.2. The van der Waals surface area contributed by atoms with Gasteiger partial charge in [0, 0.05) is 28.7 Å². The van der Waals surface area contributed by atoms with E-state index in [0.717, 1.165) is 21.1 Å². The smallest absolute Gasteiger partial charge is 0.294 e. The molecule has 0 saturated carbocycles. The number of carbonyl (C=O) groups excluding carboxylic acids is 3. The second-order valence-corrected chi connectivity index (χ2v) is 9.23. The molecule has 10 heteroatoms. The number of carbonyl (C=O) groups is 3. The fourth-order valence-corrected chi connectivity index (χ4v) is 4.57. The first-order chi connectivity index (χ1) is 15.9. The van der Waals surface area contributed by atoms with Crippen LogP contribution in [0.2, 0.25) is 0 Å². The van der Waals surface area contributed by atoms with Crippen LogP contribution in [0.25, 0.3) is 6.08 Å². The largest absolute Gasteiger partial charge is 0.488 e. The molecule has 0 bridgehead atoms. The lowest BCUT2D eigenvalue weighted by molar-refractivity contribution is -0.139. The highest BCUT2D eigenvalue weighted by Gasteiger charge is 2.37. The van der Waals surface area contributed by atoms with Crippen LogP contribution in [0.15, 0.2) is 51.8 Å². The molecular weight excluding hydrogens is 515 g/mol. The van der Waals surface area contributed by atoms with Crippen molar-refractivity contribution in [1.29, 1.82) is 0 Å². The van der Waals surface area contributed by atoms with Crippen molar-refractivity contribution in [3.05, 3.63) is 68.8 Å². The van der Waals surface area contributed by atoms with Crippen molar-refractivity contribution in [2.75, 3.05) is 32.8 Å². The molecule has 0 atom stereocenters. The van der Waals surface area contributed by atoms with Crippen molar-refractivity contribution < 1.29 is 28.2 Å². The Kier molecular flexibility index (Phi) is 7.46. The van der Waals surface area contributed by atoms with Gasteiger partial charge in [-0.05, 0) is 42.1 Å². The summed E-state index contributed by atoms with van der Waals surface area (Å²) >= 11 is 4.16. The molecule has 2 fully saturated rings. The van der Waals surface area contributed by atoms with Crippen molar-refractivity contribution in [2.45, 2.75) is 6.61 Å². The lowest BCUT2D eigenvalue weighted by Gasteiger charge is -2.28. The van der Waals surface area contributed by atoms with Crippen LogP contribution < -0.4 is 4.74 Å². The fraction of sp³-hybridized carbons (Fsp3) is 0.261. The Bertz CT molecular complexity index is 1120. The number of hydrogen-bond acceptors (Lipinski definition) is 6. The molecule has 0 spiro atoms. The molecule has 2 aromatic carbocycles. The lowest BCUT2D eigenvalue weighted by Crippen LogP contribution is -2.46. The van der Waals surface area contributed by atoms with Gasteiger partial charge in [-0.25, -0.2) is 4.39 Å². The summed E-state index contributed by atoms with van der Waals surface area (Å²) in [5, 5.41) is -0.503. The van der Waals surface area contributed by atoms with Crippen LogP contribution in [0, 0.1) is 5.82 Å². The quantitative estimate of drug-likeness (QED) is 0.520. The summed E-state index contributed by atoms with van der Waals surface area (Å²) in [6.07, 6.45) is 1.55. The minimum atomic E-state index is -0.536. The van der Waals surface area contributed by atoms with E-state index in [2.05, 4.69) is 15.9 Å². The third-order valence-electron chi connectivity index (χ3n) is 5.13. The van der Waals surface area contributed by atoms with E-state index in [9.17, 15) is 18.8 Å². The fourth-order valence-electron chi connectivity index (χ4n) is 3.36. The van der Waals surface area contributed by atoms with E-state index in [1.54, 1.807) is 47.4 Å². The van der Waals surface area contributed by atoms with E-state index in [1.807, 2.05) is 0 Å². The van der Waals surface area contributed by atoms with E-state index in [-0.39, 0.29) is 29.8 Å². The first-order valence-corrected chi connectivity index (χ1v) is 11.8. The highest BCUT2D eigenvalue weighted by atomic mass is 79.9. The number of morpholine rings is 1. The van der Waals surface area contributed by atoms with Gasteiger partial charge in [-0.3, -0.25) is 19.3 Å². The van der Waals surface area contributed by atoms with Crippen LogP contribution in [0.5, 0.6) is 5.75 Å². The van der Waals surface area contributed by atoms with E-state index < -0.39 is 11.1 Å². The summed E-state index contributed by atoms with van der Waals surface area (Å²) in [7, 11) is 0. The average molecular weight is 535 g/mol. The molecule has 0 aromatic heterocycles. The minimum absolute atomic E-state index is 0.00464. The summed E-state index contributed by atoms with van der Waals surface area (Å²) in [5.41, 5.74) is 0.944. The summed E-state index contributed by atoms with van der Waals surface area (Å²) in [4.78, 5) is 40.5. The number of benzene rings is 2. The second kappa shape index (κ2) is 10.5. The predicted octanol–water partition coefficient (Wildman–Crippen LogP) is 4.06. The standard InChI is InChI=1S/C23H20BrFN2O5S/c24-17-5-6-19(32-14-15-3-1-2-4-18(15)25)16(11-17)12-20-22(29)27(23(30)33-20)13-21(28)26-7-9-31-10-8-26/h1-6,11-12H,7-10,13-14H2/b20-12+. The molecule has 2 saturated heterocycles. The van der Waals surface area contributed by atoms with E-state index in [1.165, 1.54) is 6.07 Å². The number of imide groups is 1. The van der Waals surface area contributed by atoms with E-state index in [0.29, 0.717) is 43.2 Å². The Morgan fingerprint density at radius 1 is 1.18 bits per heavy atom. The molecular formula is C23H20BrFN2O5S. The zero-order chi connectivity index (χ0) is 23.4. The Labute approximate surface area is 202 Å². The normalized spacial score (nSPS) is 17.7. The van der Waals surface area contributed by atoms with Gasteiger partial charge in [0.25, 0.3) is 11.1 Å². The van der Waals surface area contributed by atoms with Crippen LogP contribution in [0.1, 0.15) is 11.1 Å². The second-order valence-electron chi connectivity index (χ2n) is 7.32. The van der Waals surface area contributed by atoms with Gasteiger partial charge in [0.15, 0.2) is 0 Å². The van der Waals surface area contributed by atoms with Crippen LogP contribution in [0.4, 0.5) is 9.18 Å². The van der Waals surface area contributed by atoms with Crippen molar-refractivity contribution in [2.24, 2.45) is 0 Å². The number of halogens is 2. The van der Waals surface area contributed by atoms with Gasteiger partial charge in [-0.1, -0.05) is 34.1 Å². The topological polar surface area (TPSA) is 76.2 Å². The predicted molar refractivity (Wildman–Crippen MR) is 125 cm³/mol. The number of ether oxygens (including phenoxy) is 2. The van der Waals surface area contributed by atoms with Crippen molar-refractivity contribution >= 4 is 50.8 Å². The molecule has 2 heterocycles. The Morgan fingerprint density at radius 2 is 1.94 bits per heavy atom. The molecule has 33 heavy (non-hydrogen) atoms. The van der Waals surface area contributed by atoms with Gasteiger partial charge in [-0.15, -0.1) is 0 Å². The number of thioether (sulfide) groups is 1. The van der Waals surface area contributed by atoms with Gasteiger partial charge in [-0.2, -0.15) is 0 Å². The summed E-state index contributed by atoms with van der Waals surface area (Å²) < 4.78 is 25.7. The zero-order valence-electron chi connectivity index (χ0n) is 17.5. The molecule has 7 nitrogen and oxygen atoms in total. The number of amides is 3. The van der Waals surface area contributed by atoms with E-state index in [4.69, 9.17) is 9.47 Å². The number of nitrogens with zero attached hydrogens (tertiary/aromatic N) is 2. The molecule has 172 valence electrons. The highest BCUT2D eigenvalue weighted by molar-refractivity contribution is 9.10. The van der Waals surface area contributed by atoms with Crippen LogP contribution in [-0.4, -0.2) is 59.7 Å². The van der Waals surface area contributed by atoms with Gasteiger partial charge in [0.1, 0.15) is 24.7 Å². The molecule has 2 aromatic rings. The summed E-state index contributed by atoms with van der Waals surface area (Å²) in [5.74, 6) is -0.773. The summed E-state index contributed by atoms with van der Waals surface area (Å²) in [6, 6.07) is 11.5. The molecule has 0 aliphatic carbocycles. The summed E-state index contributed by atoms with van der Waals surface area (Å²) in [6.45, 7) is 1.44. The highest BCUT2D eigenvalue weighted by Crippen LogP contribution is 2.35. The molecule has 0 radical (unpaired) electrons. The third-order valence-corrected chi connectivity index (χ3v) is 6.53. The van der Waals surface area contributed by atoms with Gasteiger partial charge >= 0.3 is 0 Å². The maximum absolute atomic E-state index is 13.9. The zero-order valence-corrected chi connectivity index (χ0v) is 19.9. The Morgan fingerprint density at radius 3 is 2.70 bits per heavy atom. The van der Waals surface area contributed by atoms with E-state index >= 15 is 0 Å². The first kappa shape index (κ1) is 23.5. The van der Waals surface area contributed by atoms with Crippen LogP contribution >= 0.6 is 27.7 Å². The maximum atomic E-state index is 13.9. The van der Waals surface area contributed by atoms with Crippen molar-refractivity contribution in [1.82, 2.24) is 9.80 Å². The van der Waals surface area contributed by atoms with Gasteiger partial charge in [0.2, 0.25) is 5.91 Å². The van der Waals surface area contributed by atoms with Crippen LogP contribution in [-0.2, 0) is 20.9 Å². The van der Waals surface area contributed by atoms with Crippen molar-refractivity contribution in [3.8, 4) is 5.75 Å². The third kappa shape index (κ3) is 5.63. The molecule has 3 amide bonds. The molecule has 0 N–H and O–H groups in total. The van der Waals surface area contributed by atoms with Gasteiger partial charge < -0.3 is 14.4 Å². The molecule has 2 aliphatic heterocycles.